The average molecular weight is 243 g/mol. The molecular weight excluding hydrogens is 222 g/mol. The van der Waals surface area contributed by atoms with Crippen LogP contribution in [0, 0.1) is 5.92 Å². The number of nitrogens with zero attached hydrogens (tertiary/aromatic N) is 1. The first-order chi connectivity index (χ1) is 7.58. The van der Waals surface area contributed by atoms with E-state index in [1.807, 2.05) is 0 Å². The largest absolute Gasteiger partial charge is 0.480 e. The van der Waals surface area contributed by atoms with Gasteiger partial charge in [-0.25, -0.2) is 0 Å². The van der Waals surface area contributed by atoms with E-state index in [4.69, 9.17) is 0 Å². The third-order valence-corrected chi connectivity index (χ3v) is 5.50. The maximum Gasteiger partial charge on any atom is 0.325 e. The summed E-state index contributed by atoms with van der Waals surface area (Å²) in [4.78, 5) is 13.9. The van der Waals surface area contributed by atoms with Crippen molar-refractivity contribution in [3.8, 4) is 0 Å². The van der Waals surface area contributed by atoms with Crippen LogP contribution in [0.25, 0.3) is 0 Å². The summed E-state index contributed by atoms with van der Waals surface area (Å²) in [5.74, 6) is 1.76. The van der Waals surface area contributed by atoms with Gasteiger partial charge in [0.05, 0.1) is 0 Å². The van der Waals surface area contributed by atoms with E-state index >= 15 is 0 Å². The Labute approximate surface area is 102 Å². The van der Waals surface area contributed by atoms with Crippen LogP contribution in [0.1, 0.15) is 33.1 Å². The van der Waals surface area contributed by atoms with Crippen molar-refractivity contribution in [3.05, 3.63) is 0 Å². The Morgan fingerprint density at radius 2 is 2.25 bits per heavy atom. The van der Waals surface area contributed by atoms with Crippen LogP contribution in [0.5, 0.6) is 0 Å². The van der Waals surface area contributed by atoms with E-state index in [9.17, 15) is 9.90 Å². The summed E-state index contributed by atoms with van der Waals surface area (Å²) in [6.07, 6.45) is 3.19. The topological polar surface area (TPSA) is 40.5 Å². The van der Waals surface area contributed by atoms with Crippen molar-refractivity contribution in [2.45, 2.75) is 44.7 Å². The highest BCUT2D eigenvalue weighted by Crippen LogP contribution is 2.38. The zero-order valence-corrected chi connectivity index (χ0v) is 10.9. The molecule has 92 valence electrons. The Morgan fingerprint density at radius 3 is 2.81 bits per heavy atom. The van der Waals surface area contributed by atoms with Crippen LogP contribution >= 0.6 is 11.8 Å². The number of aliphatic carboxylic acids is 1. The van der Waals surface area contributed by atoms with Crippen molar-refractivity contribution >= 4 is 17.7 Å². The van der Waals surface area contributed by atoms with Crippen LogP contribution in [-0.2, 0) is 4.79 Å². The molecule has 1 N–H and O–H groups in total. The fourth-order valence-electron chi connectivity index (χ4n) is 3.01. The maximum absolute atomic E-state index is 11.6. The second-order valence-corrected chi connectivity index (χ2v) is 6.30. The number of carboxylic acids is 1. The minimum Gasteiger partial charge on any atom is -0.480 e. The Balaban J connectivity index is 2.22. The molecule has 0 aliphatic carbocycles. The quantitative estimate of drug-likeness (QED) is 0.806. The zero-order valence-electron chi connectivity index (χ0n) is 10.1. The second kappa shape index (κ2) is 4.57. The summed E-state index contributed by atoms with van der Waals surface area (Å²) >= 11 is 1.78. The second-order valence-electron chi connectivity index (χ2n) is 5.19. The molecule has 2 aliphatic heterocycles. The number of hydrogen-bond acceptors (Lipinski definition) is 3. The zero-order chi connectivity index (χ0) is 11.8. The molecule has 0 saturated carbocycles. The molecule has 0 aromatic rings. The summed E-state index contributed by atoms with van der Waals surface area (Å²) in [5.41, 5.74) is -0.571. The molecule has 3 nitrogen and oxygen atoms in total. The van der Waals surface area contributed by atoms with Gasteiger partial charge in [-0.1, -0.05) is 6.92 Å². The lowest BCUT2D eigenvalue weighted by Crippen LogP contribution is -2.61. The van der Waals surface area contributed by atoms with Gasteiger partial charge in [0.25, 0.3) is 0 Å². The minimum absolute atomic E-state index is 0.406. The van der Waals surface area contributed by atoms with Gasteiger partial charge in [-0.05, 0) is 44.4 Å². The van der Waals surface area contributed by atoms with Crippen LogP contribution in [0.3, 0.4) is 0 Å². The lowest BCUT2D eigenvalue weighted by Gasteiger charge is -2.46. The number of carbonyl (C=O) groups is 1. The fraction of sp³-hybridized carbons (Fsp3) is 0.917. The number of carboxylic acid groups (broad SMARTS) is 1. The first-order valence-electron chi connectivity index (χ1n) is 6.16. The molecule has 2 aliphatic rings. The van der Waals surface area contributed by atoms with Gasteiger partial charge < -0.3 is 5.11 Å². The molecule has 3 unspecified atom stereocenters. The molecule has 0 spiro atoms. The van der Waals surface area contributed by atoms with Crippen LogP contribution in [0.4, 0.5) is 0 Å². The average Bonchev–Trinajstić information content (AvgIpc) is 2.72. The van der Waals surface area contributed by atoms with Gasteiger partial charge in [-0.3, -0.25) is 9.69 Å². The third kappa shape index (κ3) is 1.86. The molecular formula is C12H21NO2S. The molecule has 2 heterocycles. The van der Waals surface area contributed by atoms with Crippen LogP contribution in [0.15, 0.2) is 0 Å². The van der Waals surface area contributed by atoms with Crippen molar-refractivity contribution < 1.29 is 9.90 Å². The first kappa shape index (κ1) is 12.2. The fourth-order valence-corrected chi connectivity index (χ4v) is 4.41. The highest BCUT2D eigenvalue weighted by Gasteiger charge is 2.49. The van der Waals surface area contributed by atoms with E-state index < -0.39 is 11.5 Å². The van der Waals surface area contributed by atoms with E-state index in [1.54, 1.807) is 11.8 Å². The van der Waals surface area contributed by atoms with Gasteiger partial charge in [-0.15, -0.1) is 0 Å². The molecule has 3 atom stereocenters. The molecule has 0 aromatic carbocycles. The van der Waals surface area contributed by atoms with Gasteiger partial charge in [0.15, 0.2) is 0 Å². The summed E-state index contributed by atoms with van der Waals surface area (Å²) in [5, 5.41) is 9.57. The van der Waals surface area contributed by atoms with Crippen molar-refractivity contribution in [2.75, 3.05) is 18.1 Å². The Kier molecular flexibility index (Phi) is 3.50. The predicted octanol–water partition coefficient (Wildman–Crippen LogP) is 2.07. The molecule has 0 bridgehead atoms. The number of hydrogen-bond donors (Lipinski definition) is 1. The third-order valence-electron chi connectivity index (χ3n) is 4.32. The normalized spacial score (nSPS) is 41.1. The molecule has 0 aromatic heterocycles. The van der Waals surface area contributed by atoms with Gasteiger partial charge in [-0.2, -0.15) is 11.8 Å². The SMILES string of the molecule is CC1CCCN(C2(C(=O)O)CCSC2)C1C. The highest BCUT2D eigenvalue weighted by molar-refractivity contribution is 7.99. The number of thioether (sulfide) groups is 1. The Bertz CT molecular complexity index is 276. The summed E-state index contributed by atoms with van der Waals surface area (Å²) in [6, 6.07) is 0.406. The molecule has 2 saturated heterocycles. The molecule has 16 heavy (non-hydrogen) atoms. The predicted molar refractivity (Wildman–Crippen MR) is 66.9 cm³/mol. The first-order valence-corrected chi connectivity index (χ1v) is 7.31. The molecule has 2 rings (SSSR count). The van der Waals surface area contributed by atoms with Crippen molar-refractivity contribution in [1.82, 2.24) is 4.90 Å². The minimum atomic E-state index is -0.613. The van der Waals surface area contributed by atoms with Crippen LogP contribution < -0.4 is 0 Å². The number of piperidine rings is 1. The van der Waals surface area contributed by atoms with Crippen molar-refractivity contribution in [2.24, 2.45) is 5.92 Å². The summed E-state index contributed by atoms with van der Waals surface area (Å²) < 4.78 is 0. The standard InChI is InChI=1S/C12H21NO2S/c1-9-4-3-6-13(10(9)2)12(11(14)15)5-7-16-8-12/h9-10H,3-8H2,1-2H3,(H,14,15). The van der Waals surface area contributed by atoms with E-state index in [0.717, 1.165) is 30.9 Å². The summed E-state index contributed by atoms with van der Waals surface area (Å²) in [6.45, 7) is 5.39. The van der Waals surface area contributed by atoms with Crippen molar-refractivity contribution in [3.63, 3.8) is 0 Å². The number of rotatable bonds is 2. The maximum atomic E-state index is 11.6. The molecule has 4 heteroatoms. The Hall–Kier alpha value is -0.220. The van der Waals surface area contributed by atoms with Gasteiger partial charge >= 0.3 is 5.97 Å². The highest BCUT2D eigenvalue weighted by atomic mass is 32.2. The van der Waals surface area contributed by atoms with E-state index in [2.05, 4.69) is 18.7 Å². The smallest absolute Gasteiger partial charge is 0.325 e. The summed E-state index contributed by atoms with van der Waals surface area (Å²) in [7, 11) is 0. The van der Waals surface area contributed by atoms with E-state index in [1.165, 1.54) is 6.42 Å². The number of likely N-dealkylation sites (tertiary alicyclic amines) is 1. The van der Waals surface area contributed by atoms with Gasteiger partial charge in [0.2, 0.25) is 0 Å². The van der Waals surface area contributed by atoms with E-state index in [-0.39, 0.29) is 0 Å². The Morgan fingerprint density at radius 1 is 1.50 bits per heavy atom. The molecule has 0 radical (unpaired) electrons. The van der Waals surface area contributed by atoms with Crippen LogP contribution in [0.2, 0.25) is 0 Å². The van der Waals surface area contributed by atoms with Crippen LogP contribution in [-0.4, -0.2) is 45.6 Å². The van der Waals surface area contributed by atoms with Crippen molar-refractivity contribution in [1.29, 1.82) is 0 Å². The molecule has 2 fully saturated rings. The lowest BCUT2D eigenvalue weighted by atomic mass is 9.85. The lowest BCUT2D eigenvalue weighted by molar-refractivity contribution is -0.153. The van der Waals surface area contributed by atoms with Gasteiger partial charge in [0, 0.05) is 11.8 Å². The van der Waals surface area contributed by atoms with E-state index in [0.29, 0.717) is 12.0 Å². The monoisotopic (exact) mass is 243 g/mol. The van der Waals surface area contributed by atoms with Gasteiger partial charge in [0.1, 0.15) is 5.54 Å². The molecule has 0 amide bonds.